The highest BCUT2D eigenvalue weighted by molar-refractivity contribution is 5.44. The lowest BCUT2D eigenvalue weighted by Gasteiger charge is -2.23. The zero-order valence-corrected chi connectivity index (χ0v) is 14.4. The molecule has 0 aliphatic carbocycles. The second-order valence-electron chi connectivity index (χ2n) is 6.71. The van der Waals surface area contributed by atoms with Gasteiger partial charge in [-0.25, -0.2) is 0 Å². The zero-order valence-electron chi connectivity index (χ0n) is 14.4. The summed E-state index contributed by atoms with van der Waals surface area (Å²) in [6, 6.07) is 14.8. The van der Waals surface area contributed by atoms with Gasteiger partial charge in [0.1, 0.15) is 11.5 Å². The number of benzene rings is 2. The molecule has 2 aromatic carbocycles. The maximum Gasteiger partial charge on any atom is 0.131 e. The van der Waals surface area contributed by atoms with Crippen molar-refractivity contribution in [3.63, 3.8) is 0 Å². The van der Waals surface area contributed by atoms with Crippen LogP contribution in [0.1, 0.15) is 44.4 Å². The Hall–Kier alpha value is -1.80. The third kappa shape index (κ3) is 4.11. The first kappa shape index (κ1) is 16.6. The number of ether oxygens (including phenoxy) is 1. The van der Waals surface area contributed by atoms with Crippen LogP contribution in [0.25, 0.3) is 0 Å². The molecular formula is C20H27NO. The molecule has 0 fully saturated rings. The highest BCUT2D eigenvalue weighted by Gasteiger charge is 2.19. The van der Waals surface area contributed by atoms with Gasteiger partial charge in [-0.1, -0.05) is 52.0 Å². The van der Waals surface area contributed by atoms with E-state index in [4.69, 9.17) is 4.74 Å². The van der Waals surface area contributed by atoms with E-state index in [9.17, 15) is 0 Å². The molecule has 0 saturated heterocycles. The van der Waals surface area contributed by atoms with Crippen molar-refractivity contribution in [2.45, 2.75) is 46.1 Å². The number of hydrogen-bond acceptors (Lipinski definition) is 2. The van der Waals surface area contributed by atoms with Crippen molar-refractivity contribution < 1.29 is 4.74 Å². The average molecular weight is 297 g/mol. The van der Waals surface area contributed by atoms with Crippen LogP contribution in [-0.2, 0) is 18.4 Å². The molecule has 0 heterocycles. The van der Waals surface area contributed by atoms with Crippen LogP contribution in [0.2, 0.25) is 0 Å². The van der Waals surface area contributed by atoms with E-state index < -0.39 is 0 Å². The Labute approximate surface area is 134 Å². The van der Waals surface area contributed by atoms with Gasteiger partial charge in [-0.05, 0) is 48.2 Å². The Bertz CT molecular complexity index is 609. The van der Waals surface area contributed by atoms with Gasteiger partial charge >= 0.3 is 0 Å². The van der Waals surface area contributed by atoms with E-state index in [2.05, 4.69) is 63.3 Å². The maximum absolute atomic E-state index is 6.15. The van der Waals surface area contributed by atoms with Gasteiger partial charge < -0.3 is 10.1 Å². The molecular weight excluding hydrogens is 270 g/mol. The van der Waals surface area contributed by atoms with Gasteiger partial charge in [0, 0.05) is 12.1 Å². The number of hydrogen-bond donors (Lipinski definition) is 1. The Kier molecular flexibility index (Phi) is 5.25. The van der Waals surface area contributed by atoms with Crippen molar-refractivity contribution in [3.05, 3.63) is 59.2 Å². The highest BCUT2D eigenvalue weighted by Crippen LogP contribution is 2.35. The summed E-state index contributed by atoms with van der Waals surface area (Å²) >= 11 is 0. The second-order valence-corrected chi connectivity index (χ2v) is 6.71. The monoisotopic (exact) mass is 297 g/mol. The van der Waals surface area contributed by atoms with Gasteiger partial charge in [0.2, 0.25) is 0 Å². The molecule has 2 heteroatoms. The average Bonchev–Trinajstić information content (AvgIpc) is 2.49. The van der Waals surface area contributed by atoms with E-state index in [0.717, 1.165) is 24.5 Å². The number of nitrogens with one attached hydrogen (secondary N) is 1. The van der Waals surface area contributed by atoms with Crippen LogP contribution in [0.15, 0.2) is 42.5 Å². The van der Waals surface area contributed by atoms with Crippen molar-refractivity contribution in [1.82, 2.24) is 5.32 Å². The summed E-state index contributed by atoms with van der Waals surface area (Å²) in [5, 5.41) is 3.15. The van der Waals surface area contributed by atoms with Crippen molar-refractivity contribution in [3.8, 4) is 11.5 Å². The SMILES string of the molecule is CCc1ccc(Oc2ccc(CNC)cc2)c(C(C)(C)C)c1. The molecule has 0 amide bonds. The van der Waals surface area contributed by atoms with Gasteiger partial charge in [-0.3, -0.25) is 0 Å². The van der Waals surface area contributed by atoms with E-state index in [0.29, 0.717) is 0 Å². The largest absolute Gasteiger partial charge is 0.457 e. The first-order valence-electron chi connectivity index (χ1n) is 7.99. The Morgan fingerprint density at radius 3 is 2.14 bits per heavy atom. The molecule has 0 aliphatic heterocycles. The van der Waals surface area contributed by atoms with Crippen molar-refractivity contribution in [2.75, 3.05) is 7.05 Å². The minimum Gasteiger partial charge on any atom is -0.457 e. The minimum atomic E-state index is 0.0621. The first-order chi connectivity index (χ1) is 10.4. The summed E-state index contributed by atoms with van der Waals surface area (Å²) in [5.74, 6) is 1.83. The molecule has 0 atom stereocenters. The second kappa shape index (κ2) is 6.97. The van der Waals surface area contributed by atoms with Crippen molar-refractivity contribution in [1.29, 1.82) is 0 Å². The van der Waals surface area contributed by atoms with Crippen molar-refractivity contribution >= 4 is 0 Å². The van der Waals surface area contributed by atoms with Crippen molar-refractivity contribution in [2.24, 2.45) is 0 Å². The van der Waals surface area contributed by atoms with E-state index in [-0.39, 0.29) is 5.41 Å². The van der Waals surface area contributed by atoms with E-state index in [1.807, 2.05) is 19.2 Å². The molecule has 0 unspecified atom stereocenters. The van der Waals surface area contributed by atoms with Crippen LogP contribution in [0, 0.1) is 0 Å². The van der Waals surface area contributed by atoms with Gasteiger partial charge in [0.05, 0.1) is 0 Å². The van der Waals surface area contributed by atoms with Crippen LogP contribution < -0.4 is 10.1 Å². The Morgan fingerprint density at radius 1 is 0.955 bits per heavy atom. The fourth-order valence-electron chi connectivity index (χ4n) is 2.48. The predicted molar refractivity (Wildman–Crippen MR) is 93.8 cm³/mol. The molecule has 1 N–H and O–H groups in total. The minimum absolute atomic E-state index is 0.0621. The molecule has 2 rings (SSSR count). The van der Waals surface area contributed by atoms with E-state index in [1.165, 1.54) is 16.7 Å². The number of aryl methyl sites for hydroxylation is 1. The number of rotatable bonds is 5. The fourth-order valence-corrected chi connectivity index (χ4v) is 2.48. The van der Waals surface area contributed by atoms with Crippen LogP contribution >= 0.6 is 0 Å². The van der Waals surface area contributed by atoms with Crippen LogP contribution in [0.3, 0.4) is 0 Å². The lowest BCUT2D eigenvalue weighted by molar-refractivity contribution is 0.454. The molecule has 0 aliphatic rings. The van der Waals surface area contributed by atoms with E-state index >= 15 is 0 Å². The molecule has 0 radical (unpaired) electrons. The lowest BCUT2D eigenvalue weighted by atomic mass is 9.85. The van der Waals surface area contributed by atoms with E-state index in [1.54, 1.807) is 0 Å². The summed E-state index contributed by atoms with van der Waals surface area (Å²) in [6.45, 7) is 9.74. The molecule has 118 valence electrons. The van der Waals surface area contributed by atoms with Crippen LogP contribution in [0.5, 0.6) is 11.5 Å². The summed E-state index contributed by atoms with van der Waals surface area (Å²) in [5.41, 5.74) is 3.92. The third-order valence-corrected chi connectivity index (χ3v) is 3.79. The maximum atomic E-state index is 6.15. The Morgan fingerprint density at radius 2 is 1.59 bits per heavy atom. The van der Waals surface area contributed by atoms with Gasteiger partial charge in [0.25, 0.3) is 0 Å². The smallest absolute Gasteiger partial charge is 0.131 e. The highest BCUT2D eigenvalue weighted by atomic mass is 16.5. The van der Waals surface area contributed by atoms with Gasteiger partial charge in [-0.15, -0.1) is 0 Å². The summed E-state index contributed by atoms with van der Waals surface area (Å²) in [7, 11) is 1.95. The molecule has 0 spiro atoms. The van der Waals surface area contributed by atoms with Crippen LogP contribution in [0.4, 0.5) is 0 Å². The summed E-state index contributed by atoms with van der Waals surface area (Å²) in [6.07, 6.45) is 1.04. The standard InChI is InChI=1S/C20H27NO/c1-6-15-9-12-19(18(13-15)20(2,3)4)22-17-10-7-16(8-11-17)14-21-5/h7-13,21H,6,14H2,1-5H3. The summed E-state index contributed by atoms with van der Waals surface area (Å²) < 4.78 is 6.15. The Balaban J connectivity index is 2.28. The molecule has 0 aromatic heterocycles. The lowest BCUT2D eigenvalue weighted by Crippen LogP contribution is -2.13. The van der Waals surface area contributed by atoms with Gasteiger partial charge in [-0.2, -0.15) is 0 Å². The predicted octanol–water partition coefficient (Wildman–Crippen LogP) is 5.06. The third-order valence-electron chi connectivity index (χ3n) is 3.79. The first-order valence-corrected chi connectivity index (χ1v) is 7.99. The van der Waals surface area contributed by atoms with Gasteiger partial charge in [0.15, 0.2) is 0 Å². The fraction of sp³-hybridized carbons (Fsp3) is 0.400. The molecule has 0 bridgehead atoms. The quantitative estimate of drug-likeness (QED) is 0.833. The summed E-state index contributed by atoms with van der Waals surface area (Å²) in [4.78, 5) is 0. The normalized spacial score (nSPS) is 11.5. The zero-order chi connectivity index (χ0) is 16.2. The molecule has 0 saturated carbocycles. The topological polar surface area (TPSA) is 21.3 Å². The molecule has 22 heavy (non-hydrogen) atoms. The van der Waals surface area contributed by atoms with Crippen LogP contribution in [-0.4, -0.2) is 7.05 Å². The molecule has 2 nitrogen and oxygen atoms in total. The molecule has 2 aromatic rings.